The first-order chi connectivity index (χ1) is 8.16. The van der Waals surface area contributed by atoms with E-state index in [1.807, 2.05) is 17.5 Å². The quantitative estimate of drug-likeness (QED) is 0.890. The summed E-state index contributed by atoms with van der Waals surface area (Å²) in [7, 11) is 0. The molecule has 1 aromatic carbocycles. The fourth-order valence-corrected chi connectivity index (χ4v) is 2.61. The number of aromatic nitrogens is 1. The van der Waals surface area contributed by atoms with Gasteiger partial charge in [0.25, 0.3) is 5.91 Å². The van der Waals surface area contributed by atoms with Gasteiger partial charge < -0.3 is 5.32 Å². The summed E-state index contributed by atoms with van der Waals surface area (Å²) in [5.41, 5.74) is 3.22. The average Bonchev–Trinajstić information content (AvgIpc) is 2.82. The van der Waals surface area contributed by atoms with E-state index in [9.17, 15) is 4.79 Å². The van der Waals surface area contributed by atoms with Crippen molar-refractivity contribution in [2.24, 2.45) is 0 Å². The van der Waals surface area contributed by atoms with E-state index in [0.29, 0.717) is 12.1 Å². The van der Waals surface area contributed by atoms with Crippen LogP contribution in [0.4, 0.5) is 0 Å². The lowest BCUT2D eigenvalue weighted by Gasteiger charge is -2.06. The number of nitrogens with zero attached hydrogens (tertiary/aromatic N) is 1. The zero-order valence-electron chi connectivity index (χ0n) is 8.61. The van der Waals surface area contributed by atoms with Gasteiger partial charge in [-0.15, -0.1) is 11.3 Å². The molecule has 0 spiro atoms. The zero-order chi connectivity index (χ0) is 12.3. The van der Waals surface area contributed by atoms with Gasteiger partial charge in [0.15, 0.2) is 0 Å². The molecule has 1 N–H and O–H groups in total. The maximum Gasteiger partial charge on any atom is 0.252 e. The van der Waals surface area contributed by atoms with Crippen molar-refractivity contribution in [2.45, 2.75) is 6.54 Å². The lowest BCUT2D eigenvalue weighted by molar-refractivity contribution is 0.0949. The first-order valence-electron chi connectivity index (χ1n) is 4.77. The Morgan fingerprint density at radius 1 is 1.41 bits per heavy atom. The van der Waals surface area contributed by atoms with Crippen LogP contribution in [0.2, 0.25) is 0 Å². The van der Waals surface area contributed by atoms with E-state index in [1.54, 1.807) is 11.6 Å². The minimum Gasteiger partial charge on any atom is -0.346 e. The third-order valence-electron chi connectivity index (χ3n) is 2.09. The molecule has 88 valence electrons. The Morgan fingerprint density at radius 2 is 2.24 bits per heavy atom. The van der Waals surface area contributed by atoms with E-state index >= 15 is 0 Å². The summed E-state index contributed by atoms with van der Waals surface area (Å²) in [5, 5.41) is 4.74. The third-order valence-corrected chi connectivity index (χ3v) is 3.91. The fraction of sp³-hybridized carbons (Fsp3) is 0.0909. The number of nitrogens with one attached hydrogen (secondary N) is 1. The Hall–Kier alpha value is -0.720. The van der Waals surface area contributed by atoms with Gasteiger partial charge in [-0.25, -0.2) is 4.98 Å². The van der Waals surface area contributed by atoms with Crippen molar-refractivity contribution < 1.29 is 4.79 Å². The van der Waals surface area contributed by atoms with Crippen LogP contribution < -0.4 is 5.32 Å². The van der Waals surface area contributed by atoms with Crippen LogP contribution >= 0.6 is 43.2 Å². The van der Waals surface area contributed by atoms with Crippen molar-refractivity contribution in [3.63, 3.8) is 0 Å². The molecule has 0 aliphatic rings. The Morgan fingerprint density at radius 3 is 2.94 bits per heavy atom. The van der Waals surface area contributed by atoms with Crippen molar-refractivity contribution in [3.05, 3.63) is 49.3 Å². The second-order valence-corrected chi connectivity index (χ2v) is 5.78. The summed E-state index contributed by atoms with van der Waals surface area (Å²) in [6.07, 6.45) is 0. The van der Waals surface area contributed by atoms with Crippen LogP contribution in [-0.4, -0.2) is 10.9 Å². The number of carbonyl (C=O) groups excluding carboxylic acids is 1. The van der Waals surface area contributed by atoms with Crippen molar-refractivity contribution in [3.8, 4) is 0 Å². The molecule has 0 saturated carbocycles. The summed E-state index contributed by atoms with van der Waals surface area (Å²) in [5.74, 6) is -0.119. The Labute approximate surface area is 120 Å². The smallest absolute Gasteiger partial charge is 0.252 e. The fourth-order valence-electron chi connectivity index (χ4n) is 1.26. The van der Waals surface area contributed by atoms with Crippen molar-refractivity contribution in [1.82, 2.24) is 10.3 Å². The van der Waals surface area contributed by atoms with Crippen molar-refractivity contribution in [1.29, 1.82) is 0 Å². The molecule has 0 radical (unpaired) electrons. The van der Waals surface area contributed by atoms with E-state index < -0.39 is 0 Å². The first kappa shape index (κ1) is 12.7. The molecule has 0 aliphatic carbocycles. The number of hydrogen-bond acceptors (Lipinski definition) is 3. The molecule has 1 heterocycles. The predicted molar refractivity (Wildman–Crippen MR) is 75.1 cm³/mol. The topological polar surface area (TPSA) is 42.0 Å². The molecule has 0 aliphatic heterocycles. The van der Waals surface area contributed by atoms with Crippen molar-refractivity contribution >= 4 is 49.1 Å². The number of hydrogen-bond donors (Lipinski definition) is 1. The zero-order valence-corrected chi connectivity index (χ0v) is 12.6. The lowest BCUT2D eigenvalue weighted by Crippen LogP contribution is -2.23. The summed E-state index contributed by atoms with van der Waals surface area (Å²) < 4.78 is 1.65. The van der Waals surface area contributed by atoms with Gasteiger partial charge in [-0.2, -0.15) is 0 Å². The predicted octanol–water partition coefficient (Wildman–Crippen LogP) is 3.60. The van der Waals surface area contributed by atoms with Crippen LogP contribution in [0.15, 0.2) is 38.0 Å². The largest absolute Gasteiger partial charge is 0.346 e. The minimum absolute atomic E-state index is 0.119. The number of amides is 1. The number of halogens is 2. The van der Waals surface area contributed by atoms with E-state index in [-0.39, 0.29) is 5.91 Å². The SMILES string of the molecule is O=C(NCc1cscn1)c1cc(Br)ccc1Br. The van der Waals surface area contributed by atoms with Gasteiger partial charge in [0.05, 0.1) is 23.3 Å². The lowest BCUT2D eigenvalue weighted by atomic mass is 10.2. The summed E-state index contributed by atoms with van der Waals surface area (Å²) in [6.45, 7) is 0.446. The van der Waals surface area contributed by atoms with E-state index in [1.165, 1.54) is 11.3 Å². The maximum atomic E-state index is 11.9. The monoisotopic (exact) mass is 374 g/mol. The van der Waals surface area contributed by atoms with E-state index in [2.05, 4.69) is 42.2 Å². The normalized spacial score (nSPS) is 10.2. The highest BCUT2D eigenvalue weighted by molar-refractivity contribution is 9.11. The molecular formula is C11H8Br2N2OS. The average molecular weight is 376 g/mol. The Balaban J connectivity index is 2.07. The molecule has 0 fully saturated rings. The number of benzene rings is 1. The van der Waals surface area contributed by atoms with Crippen LogP contribution in [0, 0.1) is 0 Å². The Bertz CT molecular complexity index is 528. The molecule has 17 heavy (non-hydrogen) atoms. The summed E-state index contributed by atoms with van der Waals surface area (Å²) >= 11 is 8.21. The minimum atomic E-state index is -0.119. The molecule has 0 bridgehead atoms. The summed E-state index contributed by atoms with van der Waals surface area (Å²) in [6, 6.07) is 5.49. The van der Waals surface area contributed by atoms with E-state index in [0.717, 1.165) is 14.6 Å². The van der Waals surface area contributed by atoms with Crippen LogP contribution in [0.3, 0.4) is 0 Å². The van der Waals surface area contributed by atoms with E-state index in [4.69, 9.17) is 0 Å². The van der Waals surface area contributed by atoms with Gasteiger partial charge in [0.1, 0.15) is 0 Å². The molecule has 0 saturated heterocycles. The first-order valence-corrected chi connectivity index (χ1v) is 7.30. The maximum absolute atomic E-state index is 11.9. The molecular weight excluding hydrogens is 368 g/mol. The van der Waals surface area contributed by atoms with Gasteiger partial charge in [0, 0.05) is 14.3 Å². The van der Waals surface area contributed by atoms with Crippen LogP contribution in [-0.2, 0) is 6.54 Å². The number of rotatable bonds is 3. The molecule has 6 heteroatoms. The highest BCUT2D eigenvalue weighted by atomic mass is 79.9. The van der Waals surface area contributed by atoms with Crippen LogP contribution in [0.25, 0.3) is 0 Å². The Kier molecular flexibility index (Phi) is 4.31. The summed E-state index contributed by atoms with van der Waals surface area (Å²) in [4.78, 5) is 16.0. The molecule has 1 aromatic heterocycles. The highest BCUT2D eigenvalue weighted by Gasteiger charge is 2.10. The molecule has 0 unspecified atom stereocenters. The number of thiazole rings is 1. The van der Waals surface area contributed by atoms with Crippen LogP contribution in [0.1, 0.15) is 16.1 Å². The van der Waals surface area contributed by atoms with Gasteiger partial charge in [-0.3, -0.25) is 4.79 Å². The van der Waals surface area contributed by atoms with Crippen LogP contribution in [0.5, 0.6) is 0 Å². The molecule has 2 rings (SSSR count). The second-order valence-electron chi connectivity index (χ2n) is 3.29. The molecule has 0 atom stereocenters. The second kappa shape index (κ2) is 5.75. The van der Waals surface area contributed by atoms with Gasteiger partial charge >= 0.3 is 0 Å². The van der Waals surface area contributed by atoms with Gasteiger partial charge in [-0.1, -0.05) is 15.9 Å². The third kappa shape index (κ3) is 3.37. The van der Waals surface area contributed by atoms with Gasteiger partial charge in [-0.05, 0) is 34.1 Å². The highest BCUT2D eigenvalue weighted by Crippen LogP contribution is 2.21. The molecule has 3 nitrogen and oxygen atoms in total. The molecule has 1 amide bonds. The number of carbonyl (C=O) groups is 1. The van der Waals surface area contributed by atoms with Gasteiger partial charge in [0.2, 0.25) is 0 Å². The van der Waals surface area contributed by atoms with Crippen molar-refractivity contribution in [2.75, 3.05) is 0 Å². The standard InChI is InChI=1S/C11H8Br2N2OS/c12-7-1-2-10(13)9(3-7)11(16)14-4-8-5-17-6-15-8/h1-3,5-6H,4H2,(H,14,16). The molecule has 2 aromatic rings.